The number of nitrogens with zero attached hydrogens (tertiary/aromatic N) is 1. The quantitative estimate of drug-likeness (QED) is 0.887. The van der Waals surface area contributed by atoms with Crippen molar-refractivity contribution in [3.63, 3.8) is 0 Å². The van der Waals surface area contributed by atoms with Crippen LogP contribution in [0.3, 0.4) is 0 Å². The summed E-state index contributed by atoms with van der Waals surface area (Å²) in [6, 6.07) is 3.97. The van der Waals surface area contributed by atoms with E-state index in [-0.39, 0.29) is 0 Å². The van der Waals surface area contributed by atoms with E-state index in [1.165, 1.54) is 0 Å². The molecule has 2 aromatic rings. The summed E-state index contributed by atoms with van der Waals surface area (Å²) in [6.07, 6.45) is 0. The molecule has 0 aliphatic rings. The topological polar surface area (TPSA) is 58.3 Å². The molecule has 102 valence electrons. The molecule has 4 heteroatoms. The van der Waals surface area contributed by atoms with Gasteiger partial charge < -0.3 is 14.8 Å². The highest BCUT2D eigenvalue weighted by Crippen LogP contribution is 2.22. The molecule has 1 aromatic carbocycles. The molecule has 19 heavy (non-hydrogen) atoms. The van der Waals surface area contributed by atoms with Crippen LogP contribution in [0.15, 0.2) is 16.5 Å². The Balaban J connectivity index is 1.96. The number of hydrogen-bond donors (Lipinski definition) is 2. The molecule has 4 nitrogen and oxygen atoms in total. The third-order valence-electron chi connectivity index (χ3n) is 3.23. The molecular formula is C15H20N2O2. The van der Waals surface area contributed by atoms with Crippen molar-refractivity contribution in [2.75, 3.05) is 0 Å². The number of nitrogens with one attached hydrogen (secondary N) is 1. The van der Waals surface area contributed by atoms with Crippen LogP contribution < -0.4 is 5.32 Å². The molecular weight excluding hydrogens is 240 g/mol. The van der Waals surface area contributed by atoms with Gasteiger partial charge in [0.25, 0.3) is 0 Å². The molecule has 0 fully saturated rings. The van der Waals surface area contributed by atoms with Gasteiger partial charge in [0.05, 0.1) is 12.2 Å². The van der Waals surface area contributed by atoms with Gasteiger partial charge in [-0.05, 0) is 44.4 Å². The summed E-state index contributed by atoms with van der Waals surface area (Å²) in [6.45, 7) is 9.00. The lowest BCUT2D eigenvalue weighted by Gasteiger charge is -2.08. The lowest BCUT2D eigenvalue weighted by atomic mass is 10.1. The molecule has 0 saturated carbocycles. The Morgan fingerprint density at radius 3 is 2.26 bits per heavy atom. The summed E-state index contributed by atoms with van der Waals surface area (Å²) in [5.74, 6) is 1.96. The number of aryl methyl sites for hydroxylation is 4. The molecule has 0 atom stereocenters. The standard InChI is InChI=1S/C15H20N2O2/c1-9-5-13(6-10(2)15(9)18)7-16-8-14-17-11(3)12(4)19-14/h5-6,16,18H,7-8H2,1-4H3. The number of benzene rings is 1. The van der Waals surface area contributed by atoms with E-state index in [0.717, 1.165) is 34.7 Å². The second-order valence-electron chi connectivity index (χ2n) is 4.93. The molecule has 0 unspecified atom stereocenters. The fourth-order valence-electron chi connectivity index (χ4n) is 2.08. The highest BCUT2D eigenvalue weighted by molar-refractivity contribution is 5.42. The van der Waals surface area contributed by atoms with Crippen molar-refractivity contribution in [1.82, 2.24) is 10.3 Å². The minimum absolute atomic E-state index is 0.378. The zero-order chi connectivity index (χ0) is 14.0. The highest BCUT2D eigenvalue weighted by Gasteiger charge is 2.06. The average Bonchev–Trinajstić information content (AvgIpc) is 2.65. The van der Waals surface area contributed by atoms with Gasteiger partial charge in [-0.3, -0.25) is 0 Å². The van der Waals surface area contributed by atoms with Crippen LogP contribution in [-0.4, -0.2) is 10.1 Å². The predicted molar refractivity (Wildman–Crippen MR) is 74.1 cm³/mol. The van der Waals surface area contributed by atoms with E-state index in [1.807, 2.05) is 39.8 Å². The second kappa shape index (κ2) is 5.45. The fourth-order valence-corrected chi connectivity index (χ4v) is 2.08. The van der Waals surface area contributed by atoms with Gasteiger partial charge in [-0.1, -0.05) is 12.1 Å². The molecule has 2 rings (SSSR count). The van der Waals surface area contributed by atoms with Gasteiger partial charge in [0.2, 0.25) is 5.89 Å². The predicted octanol–water partition coefficient (Wildman–Crippen LogP) is 2.90. The first kappa shape index (κ1) is 13.6. The number of rotatable bonds is 4. The monoisotopic (exact) mass is 260 g/mol. The number of aromatic nitrogens is 1. The molecule has 0 bridgehead atoms. The maximum absolute atomic E-state index is 9.72. The summed E-state index contributed by atoms with van der Waals surface area (Å²) in [7, 11) is 0. The van der Waals surface area contributed by atoms with Crippen LogP contribution >= 0.6 is 0 Å². The lowest BCUT2D eigenvalue weighted by molar-refractivity contribution is 0.448. The summed E-state index contributed by atoms with van der Waals surface area (Å²) >= 11 is 0. The number of phenolic OH excluding ortho intramolecular Hbond substituents is 1. The SMILES string of the molecule is Cc1cc(CNCc2nc(C)c(C)o2)cc(C)c1O. The van der Waals surface area contributed by atoms with Crippen LogP contribution in [0.2, 0.25) is 0 Å². The molecule has 1 heterocycles. The molecule has 0 saturated heterocycles. The van der Waals surface area contributed by atoms with Gasteiger partial charge in [-0.2, -0.15) is 0 Å². The van der Waals surface area contributed by atoms with E-state index in [2.05, 4.69) is 10.3 Å². The van der Waals surface area contributed by atoms with E-state index in [4.69, 9.17) is 4.42 Å². The molecule has 1 aromatic heterocycles. The van der Waals surface area contributed by atoms with E-state index in [1.54, 1.807) is 0 Å². The van der Waals surface area contributed by atoms with Gasteiger partial charge in [-0.15, -0.1) is 0 Å². The molecule has 0 aliphatic heterocycles. The minimum atomic E-state index is 0.378. The Morgan fingerprint density at radius 2 is 1.74 bits per heavy atom. The van der Waals surface area contributed by atoms with E-state index in [0.29, 0.717) is 18.2 Å². The first-order chi connectivity index (χ1) is 8.97. The van der Waals surface area contributed by atoms with Crippen LogP contribution in [0.4, 0.5) is 0 Å². The number of aromatic hydroxyl groups is 1. The third kappa shape index (κ3) is 3.15. The Kier molecular flexibility index (Phi) is 3.90. The van der Waals surface area contributed by atoms with Crippen molar-refractivity contribution in [2.24, 2.45) is 0 Å². The number of phenols is 1. The normalized spacial score (nSPS) is 10.9. The first-order valence-corrected chi connectivity index (χ1v) is 6.40. The number of hydrogen-bond acceptors (Lipinski definition) is 4. The zero-order valence-electron chi connectivity index (χ0n) is 11.9. The van der Waals surface area contributed by atoms with Gasteiger partial charge in [0, 0.05) is 6.54 Å². The van der Waals surface area contributed by atoms with Crippen molar-refractivity contribution < 1.29 is 9.52 Å². The molecule has 2 N–H and O–H groups in total. The molecule has 0 aliphatic carbocycles. The smallest absolute Gasteiger partial charge is 0.208 e. The van der Waals surface area contributed by atoms with Crippen LogP contribution in [0.5, 0.6) is 5.75 Å². The summed E-state index contributed by atoms with van der Waals surface area (Å²) in [5.41, 5.74) is 3.89. The van der Waals surface area contributed by atoms with Crippen molar-refractivity contribution in [3.8, 4) is 5.75 Å². The molecule has 0 amide bonds. The van der Waals surface area contributed by atoms with Crippen molar-refractivity contribution >= 4 is 0 Å². The fraction of sp³-hybridized carbons (Fsp3) is 0.400. The zero-order valence-corrected chi connectivity index (χ0v) is 11.9. The van der Waals surface area contributed by atoms with E-state index < -0.39 is 0 Å². The third-order valence-corrected chi connectivity index (χ3v) is 3.23. The Hall–Kier alpha value is -1.81. The Morgan fingerprint density at radius 1 is 1.11 bits per heavy atom. The average molecular weight is 260 g/mol. The second-order valence-corrected chi connectivity index (χ2v) is 4.93. The summed E-state index contributed by atoms with van der Waals surface area (Å²) < 4.78 is 5.51. The van der Waals surface area contributed by atoms with Crippen molar-refractivity contribution in [1.29, 1.82) is 0 Å². The summed E-state index contributed by atoms with van der Waals surface area (Å²) in [4.78, 5) is 4.32. The van der Waals surface area contributed by atoms with Crippen molar-refractivity contribution in [2.45, 2.75) is 40.8 Å². The number of oxazole rings is 1. The summed E-state index contributed by atoms with van der Waals surface area (Å²) in [5, 5.41) is 13.0. The molecule has 0 radical (unpaired) electrons. The van der Waals surface area contributed by atoms with Crippen molar-refractivity contribution in [3.05, 3.63) is 46.2 Å². The minimum Gasteiger partial charge on any atom is -0.507 e. The van der Waals surface area contributed by atoms with Gasteiger partial charge in [0.15, 0.2) is 0 Å². The van der Waals surface area contributed by atoms with E-state index in [9.17, 15) is 5.11 Å². The highest BCUT2D eigenvalue weighted by atomic mass is 16.4. The lowest BCUT2D eigenvalue weighted by Crippen LogP contribution is -2.13. The molecule has 0 spiro atoms. The van der Waals surface area contributed by atoms with Gasteiger partial charge >= 0.3 is 0 Å². The Bertz CT molecular complexity index is 545. The van der Waals surface area contributed by atoms with Gasteiger partial charge in [0.1, 0.15) is 11.5 Å². The largest absolute Gasteiger partial charge is 0.507 e. The first-order valence-electron chi connectivity index (χ1n) is 6.40. The van der Waals surface area contributed by atoms with Crippen LogP contribution in [0.25, 0.3) is 0 Å². The maximum Gasteiger partial charge on any atom is 0.208 e. The van der Waals surface area contributed by atoms with Crippen LogP contribution in [0, 0.1) is 27.7 Å². The van der Waals surface area contributed by atoms with Crippen LogP contribution in [0.1, 0.15) is 34.0 Å². The Labute approximate surface area is 113 Å². The van der Waals surface area contributed by atoms with E-state index >= 15 is 0 Å². The maximum atomic E-state index is 9.72. The van der Waals surface area contributed by atoms with Gasteiger partial charge in [-0.25, -0.2) is 4.98 Å². The van der Waals surface area contributed by atoms with Crippen LogP contribution in [-0.2, 0) is 13.1 Å².